The van der Waals surface area contributed by atoms with Gasteiger partial charge < -0.3 is 15.4 Å². The van der Waals surface area contributed by atoms with Gasteiger partial charge in [0.05, 0.1) is 23.1 Å². The molecule has 158 valence electrons. The zero-order valence-electron chi connectivity index (χ0n) is 16.5. The molecule has 0 aliphatic rings. The molecule has 0 unspecified atom stereocenters. The number of benzene rings is 1. The highest BCUT2D eigenvalue weighted by Gasteiger charge is 2.24. The number of halogens is 2. The fourth-order valence-electron chi connectivity index (χ4n) is 2.85. The number of nitrogens with two attached hydrogens (primary N) is 1. The Morgan fingerprint density at radius 3 is 2.55 bits per heavy atom. The number of aromatic amines is 1. The second kappa shape index (κ2) is 9.96. The molecular weight excluding hydrogens is 419 g/mol. The molecule has 0 aliphatic carbocycles. The fourth-order valence-corrected chi connectivity index (χ4v) is 3.17. The normalized spacial score (nSPS) is 11.1. The Hall–Kier alpha value is -2.29. The Bertz CT molecular complexity index is 1000. The van der Waals surface area contributed by atoms with Crippen LogP contribution in [0.2, 0.25) is 10.0 Å². The molecule has 10 heteroatoms. The van der Waals surface area contributed by atoms with E-state index in [1.54, 1.807) is 18.2 Å². The molecule has 0 spiro atoms. The van der Waals surface area contributed by atoms with E-state index in [0.29, 0.717) is 22.2 Å². The molecule has 3 N–H and O–H groups in total. The van der Waals surface area contributed by atoms with Gasteiger partial charge >= 0.3 is 5.69 Å². The number of hydrogen-bond donors (Lipinski definition) is 2. The summed E-state index contributed by atoms with van der Waals surface area (Å²) in [5, 5.41) is 0.698. The highest BCUT2D eigenvalue weighted by molar-refractivity contribution is 6.42. The van der Waals surface area contributed by atoms with Gasteiger partial charge in [0, 0.05) is 20.2 Å². The number of methoxy groups -OCH3 is 1. The lowest BCUT2D eigenvalue weighted by Crippen LogP contribution is -2.43. The van der Waals surface area contributed by atoms with Crippen molar-refractivity contribution in [2.75, 3.05) is 30.9 Å². The van der Waals surface area contributed by atoms with Gasteiger partial charge in [0.25, 0.3) is 5.56 Å². The molecule has 29 heavy (non-hydrogen) atoms. The average molecular weight is 443 g/mol. The van der Waals surface area contributed by atoms with Crippen LogP contribution in [0.4, 0.5) is 11.5 Å². The summed E-state index contributed by atoms with van der Waals surface area (Å²) in [5.74, 6) is -0.355. The molecule has 0 atom stereocenters. The number of anilines is 2. The summed E-state index contributed by atoms with van der Waals surface area (Å²) in [6.45, 7) is 4.39. The molecule has 0 radical (unpaired) electrons. The lowest BCUT2D eigenvalue weighted by molar-refractivity contribution is -0.118. The number of amides is 1. The van der Waals surface area contributed by atoms with Crippen molar-refractivity contribution in [2.45, 2.75) is 26.8 Å². The Kier molecular flexibility index (Phi) is 7.89. The van der Waals surface area contributed by atoms with Crippen molar-refractivity contribution in [2.24, 2.45) is 5.92 Å². The number of carbonyl (C=O) groups excluding carboxylic acids is 1. The van der Waals surface area contributed by atoms with E-state index in [-0.39, 0.29) is 37.0 Å². The van der Waals surface area contributed by atoms with Crippen molar-refractivity contribution < 1.29 is 9.53 Å². The molecule has 2 rings (SSSR count). The quantitative estimate of drug-likeness (QED) is 0.651. The van der Waals surface area contributed by atoms with Gasteiger partial charge in [0.15, 0.2) is 5.69 Å². The summed E-state index contributed by atoms with van der Waals surface area (Å²) in [4.78, 5) is 41.2. The maximum Gasteiger partial charge on any atom is 0.330 e. The summed E-state index contributed by atoms with van der Waals surface area (Å²) >= 11 is 11.9. The maximum absolute atomic E-state index is 13.0. The van der Waals surface area contributed by atoms with E-state index < -0.39 is 17.2 Å². The molecule has 1 heterocycles. The minimum Gasteiger partial charge on any atom is -0.383 e. The third kappa shape index (κ3) is 5.62. The lowest BCUT2D eigenvalue weighted by atomic mass is 10.1. The van der Waals surface area contributed by atoms with E-state index in [2.05, 4.69) is 4.98 Å². The second-order valence-corrected chi connectivity index (χ2v) is 7.78. The molecule has 1 aromatic heterocycles. The van der Waals surface area contributed by atoms with Gasteiger partial charge in [-0.15, -0.1) is 0 Å². The predicted octanol–water partition coefficient (Wildman–Crippen LogP) is 2.30. The van der Waals surface area contributed by atoms with E-state index in [9.17, 15) is 14.4 Å². The van der Waals surface area contributed by atoms with Crippen LogP contribution in [-0.2, 0) is 22.5 Å². The predicted molar refractivity (Wildman–Crippen MR) is 115 cm³/mol. The van der Waals surface area contributed by atoms with Crippen molar-refractivity contribution >= 4 is 40.6 Å². The first-order valence-corrected chi connectivity index (χ1v) is 9.77. The largest absolute Gasteiger partial charge is 0.383 e. The number of ether oxygens (including phenoxy) is 1. The van der Waals surface area contributed by atoms with E-state index >= 15 is 0 Å². The number of nitrogens with one attached hydrogen (secondary N) is 1. The molecule has 8 nitrogen and oxygen atoms in total. The first-order chi connectivity index (χ1) is 13.6. The van der Waals surface area contributed by atoms with Crippen LogP contribution in [0.3, 0.4) is 0 Å². The number of aromatic nitrogens is 2. The Morgan fingerprint density at radius 1 is 1.28 bits per heavy atom. The zero-order valence-corrected chi connectivity index (χ0v) is 18.0. The van der Waals surface area contributed by atoms with Gasteiger partial charge in [-0.05, 0) is 23.6 Å². The molecule has 2 aromatic rings. The van der Waals surface area contributed by atoms with Gasteiger partial charge in [-0.3, -0.25) is 19.1 Å². The van der Waals surface area contributed by atoms with E-state index in [1.807, 2.05) is 13.8 Å². The van der Waals surface area contributed by atoms with E-state index in [0.717, 1.165) is 0 Å². The van der Waals surface area contributed by atoms with E-state index in [1.165, 1.54) is 16.6 Å². The molecule has 1 aromatic carbocycles. The molecule has 0 fully saturated rings. The van der Waals surface area contributed by atoms with Gasteiger partial charge in [-0.1, -0.05) is 43.1 Å². The summed E-state index contributed by atoms with van der Waals surface area (Å²) in [6, 6.07) is 4.85. The zero-order chi connectivity index (χ0) is 21.7. The first kappa shape index (κ1) is 23.0. The Balaban J connectivity index is 2.48. The lowest BCUT2D eigenvalue weighted by Gasteiger charge is -2.25. The van der Waals surface area contributed by atoms with Crippen molar-refractivity contribution in [1.29, 1.82) is 0 Å². The fraction of sp³-hybridized carbons (Fsp3) is 0.421. The van der Waals surface area contributed by atoms with Gasteiger partial charge in [0.2, 0.25) is 5.91 Å². The second-order valence-electron chi connectivity index (χ2n) is 6.96. The molecule has 0 saturated heterocycles. The van der Waals surface area contributed by atoms with Crippen molar-refractivity contribution in [3.63, 3.8) is 0 Å². The van der Waals surface area contributed by atoms with Crippen molar-refractivity contribution in [1.82, 2.24) is 9.55 Å². The van der Waals surface area contributed by atoms with Crippen LogP contribution in [0.5, 0.6) is 0 Å². The first-order valence-electron chi connectivity index (χ1n) is 9.01. The monoisotopic (exact) mass is 442 g/mol. The van der Waals surface area contributed by atoms with Crippen molar-refractivity contribution in [3.8, 4) is 0 Å². The van der Waals surface area contributed by atoms with Crippen LogP contribution in [0.15, 0.2) is 27.8 Å². The number of rotatable bonds is 8. The minimum atomic E-state index is -0.730. The molecule has 0 bridgehead atoms. The minimum absolute atomic E-state index is 0.0389. The van der Waals surface area contributed by atoms with Crippen LogP contribution >= 0.6 is 23.2 Å². The molecular formula is C19H24Cl2N4O4. The van der Waals surface area contributed by atoms with Crippen LogP contribution in [0, 0.1) is 5.92 Å². The smallest absolute Gasteiger partial charge is 0.330 e. The summed E-state index contributed by atoms with van der Waals surface area (Å²) in [5.41, 5.74) is 5.35. The number of H-pyrrole nitrogens is 1. The van der Waals surface area contributed by atoms with Crippen LogP contribution in [0.1, 0.15) is 19.4 Å². The van der Waals surface area contributed by atoms with Gasteiger partial charge in [0.1, 0.15) is 5.82 Å². The molecule has 0 aliphatic heterocycles. The maximum atomic E-state index is 13.0. The third-order valence-electron chi connectivity index (χ3n) is 4.19. The number of hydrogen-bond acceptors (Lipinski definition) is 5. The van der Waals surface area contributed by atoms with Crippen molar-refractivity contribution in [3.05, 3.63) is 54.6 Å². The average Bonchev–Trinajstić information content (AvgIpc) is 2.64. The van der Waals surface area contributed by atoms with Gasteiger partial charge in [-0.25, -0.2) is 4.79 Å². The van der Waals surface area contributed by atoms with Gasteiger partial charge in [-0.2, -0.15) is 0 Å². The highest BCUT2D eigenvalue weighted by Crippen LogP contribution is 2.24. The number of nitrogens with zero attached hydrogens (tertiary/aromatic N) is 2. The molecule has 1 amide bonds. The summed E-state index contributed by atoms with van der Waals surface area (Å²) in [7, 11) is 1.48. The number of nitrogen functional groups attached to an aromatic ring is 1. The van der Waals surface area contributed by atoms with Crippen LogP contribution < -0.4 is 21.9 Å². The third-order valence-corrected chi connectivity index (χ3v) is 4.93. The van der Waals surface area contributed by atoms with E-state index in [4.69, 9.17) is 33.7 Å². The Morgan fingerprint density at radius 2 is 1.97 bits per heavy atom. The summed E-state index contributed by atoms with van der Waals surface area (Å²) in [6.07, 6.45) is -0.0389. The SMILES string of the molecule is COCCN(C(=O)Cc1ccc(Cl)c(Cl)c1)c1c(N)n(CC(C)C)c(=O)[nH]c1=O. The highest BCUT2D eigenvalue weighted by atomic mass is 35.5. The Labute approximate surface area is 178 Å². The summed E-state index contributed by atoms with van der Waals surface area (Å²) < 4.78 is 6.33. The standard InChI is InChI=1S/C19H24Cl2N4O4/c1-11(2)10-25-17(22)16(18(27)23-19(25)28)24(6-7-29-3)15(26)9-12-4-5-13(20)14(21)8-12/h4-5,8,11H,6-7,9-10,22H2,1-3H3,(H,23,27,28). The molecule has 0 saturated carbocycles. The van der Waals surface area contributed by atoms with Crippen LogP contribution in [0.25, 0.3) is 0 Å². The topological polar surface area (TPSA) is 110 Å². The number of carbonyl (C=O) groups is 1. The van der Waals surface area contributed by atoms with Crippen LogP contribution in [-0.4, -0.2) is 35.7 Å².